The van der Waals surface area contributed by atoms with Crippen LogP contribution in [-0.4, -0.2) is 23.2 Å². The molecule has 0 saturated carbocycles. The first-order chi connectivity index (χ1) is 6.07. The fourth-order valence-corrected chi connectivity index (χ4v) is 1.23. The number of nitrogens with zero attached hydrogens (tertiary/aromatic N) is 1. The van der Waals surface area contributed by atoms with Crippen LogP contribution in [0.3, 0.4) is 0 Å². The lowest BCUT2D eigenvalue weighted by atomic mass is 10.2. The average Bonchev–Trinajstić information content (AvgIpc) is 2.04. The van der Waals surface area contributed by atoms with Gasteiger partial charge in [-0.15, -0.1) is 0 Å². The molecule has 0 radical (unpaired) electrons. The summed E-state index contributed by atoms with van der Waals surface area (Å²) in [7, 11) is 1.21. The Kier molecular flexibility index (Phi) is 2.82. The van der Waals surface area contributed by atoms with Gasteiger partial charge in [0.1, 0.15) is 5.56 Å². The van der Waals surface area contributed by atoms with Crippen LogP contribution in [0.2, 0.25) is 0 Å². The van der Waals surface area contributed by atoms with Gasteiger partial charge in [-0.2, -0.15) is 0 Å². The third-order valence-corrected chi connectivity index (χ3v) is 1.95. The first-order valence-corrected chi connectivity index (χ1v) is 3.98. The van der Waals surface area contributed by atoms with Crippen LogP contribution in [0.15, 0.2) is 10.7 Å². The van der Waals surface area contributed by atoms with E-state index in [1.807, 2.05) is 0 Å². The second kappa shape index (κ2) is 3.69. The summed E-state index contributed by atoms with van der Waals surface area (Å²) in [5.74, 6) is -2.69. The lowest BCUT2D eigenvalue weighted by molar-refractivity contribution is 0.0689. The number of carbonyl (C=O) groups is 1. The molecule has 13 heavy (non-hydrogen) atoms. The molecule has 6 heteroatoms. The van der Waals surface area contributed by atoms with Crippen LogP contribution >= 0.6 is 15.9 Å². The Morgan fingerprint density at radius 2 is 2.38 bits per heavy atom. The SMILES string of the molecule is COc1ncc(Br)c(C(=O)O)c1F. The number of halogens is 2. The molecule has 1 heterocycles. The van der Waals surface area contributed by atoms with E-state index in [0.717, 1.165) is 0 Å². The highest BCUT2D eigenvalue weighted by Gasteiger charge is 2.19. The summed E-state index contributed by atoms with van der Waals surface area (Å²) >= 11 is 2.87. The van der Waals surface area contributed by atoms with Crippen molar-refractivity contribution in [2.45, 2.75) is 0 Å². The Hall–Kier alpha value is -1.17. The van der Waals surface area contributed by atoms with E-state index in [0.29, 0.717) is 0 Å². The number of hydrogen-bond acceptors (Lipinski definition) is 3. The first kappa shape index (κ1) is 9.91. The van der Waals surface area contributed by atoms with Gasteiger partial charge >= 0.3 is 5.97 Å². The van der Waals surface area contributed by atoms with E-state index in [9.17, 15) is 9.18 Å². The lowest BCUT2D eigenvalue weighted by Gasteiger charge is -2.04. The normalized spacial score (nSPS) is 9.77. The molecule has 1 N–H and O–H groups in total. The van der Waals surface area contributed by atoms with Gasteiger partial charge in [-0.05, 0) is 15.9 Å². The number of aromatic carboxylic acids is 1. The summed E-state index contributed by atoms with van der Waals surface area (Å²) in [5.41, 5.74) is -0.480. The van der Waals surface area contributed by atoms with Gasteiger partial charge in [0.15, 0.2) is 0 Å². The summed E-state index contributed by atoms with van der Waals surface area (Å²) in [6.45, 7) is 0. The Labute approximate surface area is 81.5 Å². The zero-order chi connectivity index (χ0) is 10.0. The molecule has 0 aromatic carbocycles. The standard InChI is InChI=1S/C7H5BrFNO3/c1-13-6-5(9)4(7(11)12)3(8)2-10-6/h2H,1H3,(H,11,12). The Bertz CT molecular complexity index is 356. The number of carboxylic acids is 1. The second-order valence-corrected chi connectivity index (χ2v) is 2.96. The number of hydrogen-bond donors (Lipinski definition) is 1. The molecule has 0 bridgehead atoms. The Morgan fingerprint density at radius 1 is 1.77 bits per heavy atom. The molecule has 1 aromatic rings. The number of ether oxygens (including phenoxy) is 1. The van der Waals surface area contributed by atoms with Crippen LogP contribution in [0.5, 0.6) is 5.88 Å². The lowest BCUT2D eigenvalue weighted by Crippen LogP contribution is -2.05. The molecule has 0 fully saturated rings. The molecule has 0 spiro atoms. The van der Waals surface area contributed by atoms with Crippen molar-refractivity contribution in [3.05, 3.63) is 22.1 Å². The third kappa shape index (κ3) is 1.77. The van der Waals surface area contributed by atoms with Crippen molar-refractivity contribution in [1.29, 1.82) is 0 Å². The average molecular weight is 250 g/mol. The third-order valence-electron chi connectivity index (χ3n) is 1.35. The molecule has 0 unspecified atom stereocenters. The number of pyridine rings is 1. The first-order valence-electron chi connectivity index (χ1n) is 3.19. The number of rotatable bonds is 2. The maximum Gasteiger partial charge on any atom is 0.340 e. The van der Waals surface area contributed by atoms with E-state index in [1.54, 1.807) is 0 Å². The van der Waals surface area contributed by atoms with Crippen LogP contribution < -0.4 is 4.74 Å². The van der Waals surface area contributed by atoms with Crippen LogP contribution in [0.25, 0.3) is 0 Å². The Balaban J connectivity index is 3.38. The number of methoxy groups -OCH3 is 1. The summed E-state index contributed by atoms with van der Waals surface area (Å²) in [6, 6.07) is 0. The van der Waals surface area contributed by atoms with E-state index < -0.39 is 17.3 Å². The van der Waals surface area contributed by atoms with Crippen molar-refractivity contribution < 1.29 is 19.0 Å². The quantitative estimate of drug-likeness (QED) is 0.867. The van der Waals surface area contributed by atoms with Crippen molar-refractivity contribution >= 4 is 21.9 Å². The molecule has 0 aliphatic carbocycles. The van der Waals surface area contributed by atoms with E-state index >= 15 is 0 Å². The molecule has 0 atom stereocenters. The fraction of sp³-hybridized carbons (Fsp3) is 0.143. The maximum atomic E-state index is 13.2. The van der Waals surface area contributed by atoms with E-state index in [2.05, 4.69) is 25.7 Å². The zero-order valence-corrected chi connectivity index (χ0v) is 8.13. The fourth-order valence-electron chi connectivity index (χ4n) is 0.787. The zero-order valence-electron chi connectivity index (χ0n) is 6.54. The minimum atomic E-state index is -1.37. The Morgan fingerprint density at radius 3 is 2.85 bits per heavy atom. The highest BCUT2D eigenvalue weighted by atomic mass is 79.9. The van der Waals surface area contributed by atoms with Crippen LogP contribution in [0.1, 0.15) is 10.4 Å². The molecule has 0 saturated heterocycles. The molecule has 0 aliphatic heterocycles. The molecule has 1 rings (SSSR count). The van der Waals surface area contributed by atoms with Gasteiger partial charge < -0.3 is 9.84 Å². The van der Waals surface area contributed by atoms with Gasteiger partial charge in [0.25, 0.3) is 5.88 Å². The summed E-state index contributed by atoms with van der Waals surface area (Å²) in [5, 5.41) is 8.61. The molecule has 4 nitrogen and oxygen atoms in total. The number of aromatic nitrogens is 1. The molecule has 1 aromatic heterocycles. The maximum absolute atomic E-state index is 13.2. The molecular weight excluding hydrogens is 245 g/mol. The van der Waals surface area contributed by atoms with Crippen molar-refractivity contribution in [1.82, 2.24) is 4.98 Å². The van der Waals surface area contributed by atoms with Crippen molar-refractivity contribution in [3.63, 3.8) is 0 Å². The van der Waals surface area contributed by atoms with Gasteiger partial charge in [0, 0.05) is 6.20 Å². The topological polar surface area (TPSA) is 59.4 Å². The second-order valence-electron chi connectivity index (χ2n) is 2.11. The summed E-state index contributed by atoms with van der Waals surface area (Å²) in [4.78, 5) is 14.1. The molecule has 0 aliphatic rings. The van der Waals surface area contributed by atoms with Crippen molar-refractivity contribution in [3.8, 4) is 5.88 Å². The van der Waals surface area contributed by atoms with E-state index in [1.165, 1.54) is 13.3 Å². The minimum absolute atomic E-state index is 0.0818. The van der Waals surface area contributed by atoms with Gasteiger partial charge in [-0.25, -0.2) is 14.2 Å². The van der Waals surface area contributed by atoms with Gasteiger partial charge in [0.2, 0.25) is 5.82 Å². The molecule has 0 amide bonds. The van der Waals surface area contributed by atoms with Gasteiger partial charge in [-0.1, -0.05) is 0 Å². The summed E-state index contributed by atoms with van der Waals surface area (Å²) in [6.07, 6.45) is 1.17. The smallest absolute Gasteiger partial charge is 0.340 e. The van der Waals surface area contributed by atoms with E-state index in [-0.39, 0.29) is 10.4 Å². The minimum Gasteiger partial charge on any atom is -0.479 e. The van der Waals surface area contributed by atoms with Crippen molar-refractivity contribution in [2.24, 2.45) is 0 Å². The van der Waals surface area contributed by atoms with Crippen molar-refractivity contribution in [2.75, 3.05) is 7.11 Å². The van der Waals surface area contributed by atoms with Crippen LogP contribution in [0, 0.1) is 5.82 Å². The highest BCUT2D eigenvalue weighted by molar-refractivity contribution is 9.10. The number of carboxylic acid groups (broad SMARTS) is 1. The predicted molar refractivity (Wildman–Crippen MR) is 45.4 cm³/mol. The van der Waals surface area contributed by atoms with Crippen LogP contribution in [-0.2, 0) is 0 Å². The van der Waals surface area contributed by atoms with E-state index in [4.69, 9.17) is 5.11 Å². The van der Waals surface area contributed by atoms with Gasteiger partial charge in [-0.3, -0.25) is 0 Å². The summed E-state index contributed by atoms with van der Waals surface area (Å²) < 4.78 is 17.8. The predicted octanol–water partition coefficient (Wildman–Crippen LogP) is 1.69. The molecular formula is C7H5BrFNO3. The largest absolute Gasteiger partial charge is 0.479 e. The highest BCUT2D eigenvalue weighted by Crippen LogP contribution is 2.24. The molecule has 70 valence electrons. The van der Waals surface area contributed by atoms with Gasteiger partial charge in [0.05, 0.1) is 11.6 Å². The monoisotopic (exact) mass is 249 g/mol. The van der Waals surface area contributed by atoms with Crippen LogP contribution in [0.4, 0.5) is 4.39 Å².